The van der Waals surface area contributed by atoms with E-state index in [1.807, 2.05) is 0 Å². The van der Waals surface area contributed by atoms with E-state index in [1.165, 1.54) is 4.31 Å². The van der Waals surface area contributed by atoms with Gasteiger partial charge in [0.15, 0.2) is 0 Å². The molecular weight excluding hydrogens is 326 g/mol. The van der Waals surface area contributed by atoms with E-state index < -0.39 is 16.0 Å². The smallest absolute Gasteiger partial charge is 0.338 e. The van der Waals surface area contributed by atoms with Crippen molar-refractivity contribution < 1.29 is 17.9 Å². The second-order valence-corrected chi connectivity index (χ2v) is 7.07. The number of esters is 1. The molecular formula is C18H21NO4S. The molecule has 2 aromatic rings. The molecule has 0 aliphatic rings. The predicted molar refractivity (Wildman–Crippen MR) is 93.8 cm³/mol. The zero-order valence-electron chi connectivity index (χ0n) is 14.0. The molecule has 0 N–H and O–H groups in total. The molecule has 24 heavy (non-hydrogen) atoms. The van der Waals surface area contributed by atoms with Gasteiger partial charge < -0.3 is 4.74 Å². The lowest BCUT2D eigenvalue weighted by Crippen LogP contribution is -2.31. The normalized spacial score (nSPS) is 11.1. The fourth-order valence-corrected chi connectivity index (χ4v) is 4.03. The van der Waals surface area contributed by atoms with Crippen LogP contribution in [0.4, 0.5) is 5.69 Å². The molecule has 0 aliphatic carbocycles. The van der Waals surface area contributed by atoms with E-state index in [0.29, 0.717) is 23.4 Å². The number of hydrogen-bond donors (Lipinski definition) is 0. The number of sulfonamides is 1. The first kappa shape index (κ1) is 18.0. The van der Waals surface area contributed by atoms with Crippen LogP contribution in [-0.4, -0.2) is 27.5 Å². The molecule has 0 amide bonds. The fraction of sp³-hybridized carbons (Fsp3) is 0.278. The van der Waals surface area contributed by atoms with Crippen molar-refractivity contribution >= 4 is 21.7 Å². The summed E-state index contributed by atoms with van der Waals surface area (Å²) in [4.78, 5) is 12.0. The van der Waals surface area contributed by atoms with Gasteiger partial charge in [-0.15, -0.1) is 0 Å². The molecule has 0 unspecified atom stereocenters. The SMILES string of the molecule is CCOC(=O)c1ccc(N(CC)S(=O)(=O)c2ccccc2)c(C)c1. The highest BCUT2D eigenvalue weighted by Crippen LogP contribution is 2.27. The van der Waals surface area contributed by atoms with Crippen molar-refractivity contribution in [2.45, 2.75) is 25.7 Å². The Morgan fingerprint density at radius 3 is 2.29 bits per heavy atom. The Morgan fingerprint density at radius 2 is 1.75 bits per heavy atom. The summed E-state index contributed by atoms with van der Waals surface area (Å²) < 4.78 is 32.1. The van der Waals surface area contributed by atoms with Crippen molar-refractivity contribution in [1.82, 2.24) is 0 Å². The number of carbonyl (C=O) groups excluding carboxylic acids is 1. The van der Waals surface area contributed by atoms with Gasteiger partial charge in [-0.2, -0.15) is 0 Å². The third-order valence-electron chi connectivity index (χ3n) is 3.60. The van der Waals surface area contributed by atoms with Crippen molar-refractivity contribution in [3.8, 4) is 0 Å². The molecule has 0 radical (unpaired) electrons. The molecule has 2 rings (SSSR count). The largest absolute Gasteiger partial charge is 0.462 e. The fourth-order valence-electron chi connectivity index (χ4n) is 2.47. The zero-order chi connectivity index (χ0) is 17.7. The summed E-state index contributed by atoms with van der Waals surface area (Å²) >= 11 is 0. The van der Waals surface area contributed by atoms with Crippen LogP contribution in [0.2, 0.25) is 0 Å². The Morgan fingerprint density at radius 1 is 1.08 bits per heavy atom. The number of ether oxygens (including phenoxy) is 1. The molecule has 128 valence electrons. The van der Waals surface area contributed by atoms with Gasteiger partial charge in [0.2, 0.25) is 0 Å². The van der Waals surface area contributed by atoms with E-state index in [0.717, 1.165) is 0 Å². The van der Waals surface area contributed by atoms with Gasteiger partial charge in [0.25, 0.3) is 10.0 Å². The minimum atomic E-state index is -3.65. The molecule has 2 aromatic carbocycles. The van der Waals surface area contributed by atoms with Crippen molar-refractivity contribution in [2.24, 2.45) is 0 Å². The number of carbonyl (C=O) groups is 1. The Labute approximate surface area is 142 Å². The van der Waals surface area contributed by atoms with E-state index in [2.05, 4.69) is 0 Å². The predicted octanol–water partition coefficient (Wildman–Crippen LogP) is 3.39. The highest BCUT2D eigenvalue weighted by molar-refractivity contribution is 7.92. The van der Waals surface area contributed by atoms with Crippen molar-refractivity contribution in [3.05, 3.63) is 59.7 Å². The van der Waals surface area contributed by atoms with E-state index in [1.54, 1.807) is 69.3 Å². The molecule has 0 bridgehead atoms. The van der Waals surface area contributed by atoms with Crippen LogP contribution in [0.3, 0.4) is 0 Å². The average Bonchev–Trinajstić information content (AvgIpc) is 2.57. The molecule has 5 nitrogen and oxygen atoms in total. The quantitative estimate of drug-likeness (QED) is 0.752. The first-order valence-electron chi connectivity index (χ1n) is 7.77. The molecule has 0 spiro atoms. The highest BCUT2D eigenvalue weighted by atomic mass is 32.2. The Hall–Kier alpha value is -2.34. The lowest BCUT2D eigenvalue weighted by Gasteiger charge is -2.25. The first-order chi connectivity index (χ1) is 11.4. The topological polar surface area (TPSA) is 63.7 Å². The van der Waals surface area contributed by atoms with E-state index in [9.17, 15) is 13.2 Å². The second-order valence-electron chi connectivity index (χ2n) is 5.20. The molecule has 0 fully saturated rings. The zero-order valence-corrected chi connectivity index (χ0v) is 14.8. The summed E-state index contributed by atoms with van der Waals surface area (Å²) in [7, 11) is -3.65. The molecule has 0 aromatic heterocycles. The van der Waals surface area contributed by atoms with Gasteiger partial charge >= 0.3 is 5.97 Å². The van der Waals surface area contributed by atoms with Crippen LogP contribution < -0.4 is 4.31 Å². The van der Waals surface area contributed by atoms with Gasteiger partial charge in [-0.1, -0.05) is 18.2 Å². The maximum atomic E-state index is 12.9. The van der Waals surface area contributed by atoms with Gasteiger partial charge in [-0.05, 0) is 56.7 Å². The average molecular weight is 347 g/mol. The van der Waals surface area contributed by atoms with E-state index in [-0.39, 0.29) is 11.4 Å². The van der Waals surface area contributed by atoms with Crippen molar-refractivity contribution in [3.63, 3.8) is 0 Å². The Balaban J connectivity index is 2.43. The van der Waals surface area contributed by atoms with Crippen LogP contribution in [0.5, 0.6) is 0 Å². The van der Waals surface area contributed by atoms with E-state index in [4.69, 9.17) is 4.74 Å². The van der Waals surface area contributed by atoms with Crippen LogP contribution in [-0.2, 0) is 14.8 Å². The lowest BCUT2D eigenvalue weighted by atomic mass is 10.1. The summed E-state index contributed by atoms with van der Waals surface area (Å²) in [6, 6.07) is 13.2. The van der Waals surface area contributed by atoms with Gasteiger partial charge in [0.1, 0.15) is 0 Å². The minimum absolute atomic E-state index is 0.237. The third-order valence-corrected chi connectivity index (χ3v) is 5.50. The third kappa shape index (κ3) is 3.59. The molecule has 0 aliphatic heterocycles. The van der Waals surface area contributed by atoms with Crippen LogP contribution in [0.15, 0.2) is 53.4 Å². The van der Waals surface area contributed by atoms with Crippen molar-refractivity contribution in [1.29, 1.82) is 0 Å². The maximum Gasteiger partial charge on any atom is 0.338 e. The maximum absolute atomic E-state index is 12.9. The Bertz CT molecular complexity index is 816. The summed E-state index contributed by atoms with van der Waals surface area (Å²) in [5, 5.41) is 0. The highest BCUT2D eigenvalue weighted by Gasteiger charge is 2.25. The lowest BCUT2D eigenvalue weighted by molar-refractivity contribution is 0.0526. The number of rotatable bonds is 6. The molecule has 6 heteroatoms. The number of nitrogens with zero attached hydrogens (tertiary/aromatic N) is 1. The van der Waals surface area contributed by atoms with Gasteiger partial charge in [0.05, 0.1) is 22.8 Å². The number of anilines is 1. The summed E-state index contributed by atoms with van der Waals surface area (Å²) in [6.07, 6.45) is 0. The minimum Gasteiger partial charge on any atom is -0.462 e. The standard InChI is InChI=1S/C18H21NO4S/c1-4-19(24(21,22)16-9-7-6-8-10-16)17-12-11-15(13-14(17)3)18(20)23-5-2/h6-13H,4-5H2,1-3H3. The molecule has 0 atom stereocenters. The summed E-state index contributed by atoms with van der Waals surface area (Å²) in [6.45, 7) is 5.88. The second kappa shape index (κ2) is 7.49. The van der Waals surface area contributed by atoms with Gasteiger partial charge in [-0.25, -0.2) is 13.2 Å². The Kier molecular flexibility index (Phi) is 5.62. The number of hydrogen-bond acceptors (Lipinski definition) is 4. The van der Waals surface area contributed by atoms with Crippen LogP contribution in [0.1, 0.15) is 29.8 Å². The van der Waals surface area contributed by atoms with Crippen LogP contribution in [0.25, 0.3) is 0 Å². The van der Waals surface area contributed by atoms with Crippen LogP contribution >= 0.6 is 0 Å². The summed E-state index contributed by atoms with van der Waals surface area (Å²) in [5.41, 5.74) is 1.66. The number of benzene rings is 2. The molecule has 0 saturated heterocycles. The van der Waals surface area contributed by atoms with Crippen molar-refractivity contribution in [2.75, 3.05) is 17.5 Å². The summed E-state index contributed by atoms with van der Waals surface area (Å²) in [5.74, 6) is -0.416. The number of aryl methyl sites for hydroxylation is 1. The van der Waals surface area contributed by atoms with Crippen LogP contribution in [0, 0.1) is 6.92 Å². The molecule has 0 heterocycles. The van der Waals surface area contributed by atoms with Gasteiger partial charge in [0, 0.05) is 6.54 Å². The monoisotopic (exact) mass is 347 g/mol. The van der Waals surface area contributed by atoms with Gasteiger partial charge in [-0.3, -0.25) is 4.31 Å². The molecule has 0 saturated carbocycles. The van der Waals surface area contributed by atoms with E-state index >= 15 is 0 Å². The first-order valence-corrected chi connectivity index (χ1v) is 9.21.